The molecule has 0 radical (unpaired) electrons. The Kier molecular flexibility index (Phi) is 3.45. The van der Waals surface area contributed by atoms with Gasteiger partial charge < -0.3 is 14.2 Å². The molecule has 0 unspecified atom stereocenters. The summed E-state index contributed by atoms with van der Waals surface area (Å²) in [6.07, 6.45) is -0.0388. The molecule has 1 saturated heterocycles. The third-order valence-electron chi connectivity index (χ3n) is 4.24. The number of pyridine rings is 1. The Labute approximate surface area is 139 Å². The van der Waals surface area contributed by atoms with E-state index < -0.39 is 0 Å². The van der Waals surface area contributed by atoms with Crippen LogP contribution in [0.4, 0.5) is 0 Å². The standard InChI is InChI=1S/C18H17N3O3/c1-11-17(12(2)24-20-11)18(22)21-9-14(10-21)23-16-8-7-13-5-3-4-6-15(13)19-16/h3-8,14H,9-10H2,1-2H3. The number of likely N-dealkylation sites (tertiary alicyclic amines) is 1. The largest absolute Gasteiger partial charge is 0.471 e. The number of benzene rings is 1. The van der Waals surface area contributed by atoms with Crippen LogP contribution in [0.5, 0.6) is 5.88 Å². The van der Waals surface area contributed by atoms with Crippen molar-refractivity contribution < 1.29 is 14.1 Å². The predicted octanol–water partition coefficient (Wildman–Crippen LogP) is 2.74. The fourth-order valence-corrected chi connectivity index (χ4v) is 2.91. The molecule has 1 aromatic carbocycles. The summed E-state index contributed by atoms with van der Waals surface area (Å²) < 4.78 is 10.9. The van der Waals surface area contributed by atoms with Crippen LogP contribution in [0.3, 0.4) is 0 Å². The molecule has 1 fully saturated rings. The van der Waals surface area contributed by atoms with Crippen molar-refractivity contribution in [2.45, 2.75) is 20.0 Å². The van der Waals surface area contributed by atoms with Gasteiger partial charge in [-0.15, -0.1) is 0 Å². The molecule has 2 aromatic heterocycles. The Morgan fingerprint density at radius 1 is 1.21 bits per heavy atom. The van der Waals surface area contributed by atoms with Gasteiger partial charge in [0.15, 0.2) is 0 Å². The van der Waals surface area contributed by atoms with E-state index in [4.69, 9.17) is 9.26 Å². The number of rotatable bonds is 3. The van der Waals surface area contributed by atoms with Crippen LogP contribution in [0, 0.1) is 13.8 Å². The van der Waals surface area contributed by atoms with E-state index in [9.17, 15) is 4.79 Å². The summed E-state index contributed by atoms with van der Waals surface area (Å²) in [4.78, 5) is 18.7. The van der Waals surface area contributed by atoms with Crippen molar-refractivity contribution in [3.8, 4) is 5.88 Å². The highest BCUT2D eigenvalue weighted by Crippen LogP contribution is 2.23. The van der Waals surface area contributed by atoms with Crippen molar-refractivity contribution in [2.75, 3.05) is 13.1 Å². The van der Waals surface area contributed by atoms with Crippen molar-refractivity contribution in [1.29, 1.82) is 0 Å². The Morgan fingerprint density at radius 2 is 2.00 bits per heavy atom. The molecule has 3 heterocycles. The number of aryl methyl sites for hydroxylation is 2. The molecule has 0 atom stereocenters. The fourth-order valence-electron chi connectivity index (χ4n) is 2.91. The van der Waals surface area contributed by atoms with Gasteiger partial charge in [0.1, 0.15) is 17.4 Å². The SMILES string of the molecule is Cc1noc(C)c1C(=O)N1CC(Oc2ccc3ccccc3n2)C1. The lowest BCUT2D eigenvalue weighted by Crippen LogP contribution is -2.56. The van der Waals surface area contributed by atoms with Gasteiger partial charge in [0.25, 0.3) is 5.91 Å². The van der Waals surface area contributed by atoms with Gasteiger partial charge in [0, 0.05) is 11.5 Å². The van der Waals surface area contributed by atoms with E-state index in [0.29, 0.717) is 36.0 Å². The number of carbonyl (C=O) groups is 1. The zero-order valence-corrected chi connectivity index (χ0v) is 13.5. The van der Waals surface area contributed by atoms with Crippen molar-refractivity contribution >= 4 is 16.8 Å². The number of nitrogens with zero attached hydrogens (tertiary/aromatic N) is 3. The number of fused-ring (bicyclic) bond motifs is 1. The summed E-state index contributed by atoms with van der Waals surface area (Å²) >= 11 is 0. The molecule has 1 aliphatic rings. The number of aromatic nitrogens is 2. The first kappa shape index (κ1) is 14.7. The number of ether oxygens (including phenoxy) is 1. The molecule has 0 bridgehead atoms. The molecule has 122 valence electrons. The molecule has 4 rings (SSSR count). The minimum absolute atomic E-state index is 0.0388. The molecular weight excluding hydrogens is 306 g/mol. The Bertz CT molecular complexity index is 893. The van der Waals surface area contributed by atoms with Gasteiger partial charge in [0.05, 0.1) is 24.3 Å². The van der Waals surface area contributed by atoms with E-state index in [2.05, 4.69) is 10.1 Å². The first-order valence-corrected chi connectivity index (χ1v) is 7.86. The Morgan fingerprint density at radius 3 is 2.75 bits per heavy atom. The third kappa shape index (κ3) is 2.50. The highest BCUT2D eigenvalue weighted by Gasteiger charge is 2.35. The number of hydrogen-bond acceptors (Lipinski definition) is 5. The quantitative estimate of drug-likeness (QED) is 0.741. The van der Waals surface area contributed by atoms with Crippen LogP contribution in [0.2, 0.25) is 0 Å². The van der Waals surface area contributed by atoms with E-state index in [0.717, 1.165) is 10.9 Å². The minimum atomic E-state index is -0.0578. The van der Waals surface area contributed by atoms with Gasteiger partial charge in [-0.1, -0.05) is 23.4 Å². The zero-order valence-electron chi connectivity index (χ0n) is 13.5. The van der Waals surface area contributed by atoms with E-state index >= 15 is 0 Å². The van der Waals surface area contributed by atoms with Crippen LogP contribution < -0.4 is 4.74 Å². The third-order valence-corrected chi connectivity index (χ3v) is 4.24. The topological polar surface area (TPSA) is 68.5 Å². The van der Waals surface area contributed by atoms with Gasteiger partial charge in [0.2, 0.25) is 5.88 Å². The molecular formula is C18H17N3O3. The summed E-state index contributed by atoms with van der Waals surface area (Å²) in [7, 11) is 0. The maximum atomic E-state index is 12.5. The summed E-state index contributed by atoms with van der Waals surface area (Å²) in [5, 5.41) is 4.91. The van der Waals surface area contributed by atoms with Crippen LogP contribution in [-0.2, 0) is 0 Å². The number of para-hydroxylation sites is 1. The van der Waals surface area contributed by atoms with Crippen LogP contribution in [0.15, 0.2) is 40.9 Å². The Balaban J connectivity index is 1.41. The predicted molar refractivity (Wildman–Crippen MR) is 88.0 cm³/mol. The normalized spacial score (nSPS) is 14.7. The van der Waals surface area contributed by atoms with Crippen LogP contribution in [0.25, 0.3) is 10.9 Å². The summed E-state index contributed by atoms with van der Waals surface area (Å²) in [5.74, 6) is 1.08. The first-order valence-electron chi connectivity index (χ1n) is 7.86. The van der Waals surface area contributed by atoms with Gasteiger partial charge in [-0.05, 0) is 26.0 Å². The maximum absolute atomic E-state index is 12.5. The number of amides is 1. The van der Waals surface area contributed by atoms with Crippen molar-refractivity contribution in [3.63, 3.8) is 0 Å². The molecule has 0 saturated carbocycles. The highest BCUT2D eigenvalue weighted by molar-refractivity contribution is 5.96. The van der Waals surface area contributed by atoms with Gasteiger partial charge >= 0.3 is 0 Å². The maximum Gasteiger partial charge on any atom is 0.259 e. The fraction of sp³-hybridized carbons (Fsp3) is 0.278. The summed E-state index contributed by atoms with van der Waals surface area (Å²) in [6.45, 7) is 4.60. The second kappa shape index (κ2) is 5.63. The van der Waals surface area contributed by atoms with E-state index in [1.807, 2.05) is 36.4 Å². The molecule has 0 spiro atoms. The molecule has 1 aliphatic heterocycles. The average Bonchev–Trinajstić information content (AvgIpc) is 2.88. The van der Waals surface area contributed by atoms with Crippen LogP contribution in [0.1, 0.15) is 21.8 Å². The van der Waals surface area contributed by atoms with E-state index in [1.54, 1.807) is 18.7 Å². The molecule has 3 aromatic rings. The number of hydrogen-bond donors (Lipinski definition) is 0. The molecule has 24 heavy (non-hydrogen) atoms. The lowest BCUT2D eigenvalue weighted by atomic mass is 10.1. The summed E-state index contributed by atoms with van der Waals surface area (Å²) in [5.41, 5.74) is 2.08. The second-order valence-corrected chi connectivity index (χ2v) is 5.99. The molecule has 0 aliphatic carbocycles. The van der Waals surface area contributed by atoms with Crippen LogP contribution in [-0.4, -0.2) is 40.1 Å². The van der Waals surface area contributed by atoms with Crippen molar-refractivity contribution in [2.24, 2.45) is 0 Å². The Hall–Kier alpha value is -2.89. The van der Waals surface area contributed by atoms with Crippen molar-refractivity contribution in [1.82, 2.24) is 15.0 Å². The lowest BCUT2D eigenvalue weighted by molar-refractivity contribution is 0.0159. The molecule has 0 N–H and O–H groups in total. The summed E-state index contributed by atoms with van der Waals surface area (Å²) in [6, 6.07) is 11.8. The number of carbonyl (C=O) groups excluding carboxylic acids is 1. The zero-order chi connectivity index (χ0) is 16.7. The smallest absolute Gasteiger partial charge is 0.259 e. The highest BCUT2D eigenvalue weighted by atomic mass is 16.5. The monoisotopic (exact) mass is 323 g/mol. The van der Waals surface area contributed by atoms with Crippen molar-refractivity contribution in [3.05, 3.63) is 53.4 Å². The minimum Gasteiger partial charge on any atom is -0.471 e. The molecule has 6 nitrogen and oxygen atoms in total. The second-order valence-electron chi connectivity index (χ2n) is 5.99. The average molecular weight is 323 g/mol. The molecule has 1 amide bonds. The van der Waals surface area contributed by atoms with Gasteiger partial charge in [-0.3, -0.25) is 4.79 Å². The molecule has 6 heteroatoms. The van der Waals surface area contributed by atoms with Gasteiger partial charge in [-0.25, -0.2) is 4.98 Å². The van der Waals surface area contributed by atoms with E-state index in [1.165, 1.54) is 0 Å². The first-order chi connectivity index (χ1) is 11.6. The van der Waals surface area contributed by atoms with Gasteiger partial charge in [-0.2, -0.15) is 0 Å². The lowest BCUT2D eigenvalue weighted by Gasteiger charge is -2.38. The van der Waals surface area contributed by atoms with Crippen LogP contribution >= 0.6 is 0 Å². The van der Waals surface area contributed by atoms with E-state index in [-0.39, 0.29) is 12.0 Å².